The predicted octanol–water partition coefficient (Wildman–Crippen LogP) is 4.61. The highest BCUT2D eigenvalue weighted by Gasteiger charge is 2.33. The molecule has 1 amide bonds. The number of fused-ring (bicyclic) bond motifs is 1. The molecule has 1 aromatic carbocycles. The molecule has 3 rings (SSSR count). The summed E-state index contributed by atoms with van der Waals surface area (Å²) in [5.74, 6) is 1.32. The van der Waals surface area contributed by atoms with Gasteiger partial charge in [0.25, 0.3) is 0 Å². The molecule has 0 aliphatic carbocycles. The van der Waals surface area contributed by atoms with E-state index in [9.17, 15) is 9.90 Å². The first kappa shape index (κ1) is 27.7. The largest absolute Gasteiger partial charge is 0.491 e. The molecular weight excluding hydrogens is 460 g/mol. The molecule has 194 valence electrons. The fraction of sp³-hybridized carbons (Fsp3) is 0.607. The minimum atomic E-state index is -0.627. The van der Waals surface area contributed by atoms with Gasteiger partial charge in [-0.05, 0) is 68.7 Å². The minimum Gasteiger partial charge on any atom is -0.491 e. The maximum absolute atomic E-state index is 13.6. The van der Waals surface area contributed by atoms with Crippen LogP contribution in [0.15, 0.2) is 29.6 Å². The number of thiophene rings is 1. The first-order chi connectivity index (χ1) is 16.6. The molecule has 0 bridgehead atoms. The number of aryl methyl sites for hydroxylation is 2. The number of hydrogen-bond acceptors (Lipinski definition) is 6. The van der Waals surface area contributed by atoms with Crippen molar-refractivity contribution in [3.05, 3.63) is 51.2 Å². The lowest BCUT2D eigenvalue weighted by Gasteiger charge is -2.37. The molecule has 0 saturated carbocycles. The third-order valence-electron chi connectivity index (χ3n) is 6.22. The van der Waals surface area contributed by atoms with Crippen LogP contribution in [0.25, 0.3) is 0 Å². The summed E-state index contributed by atoms with van der Waals surface area (Å²) in [6.45, 7) is 15.1. The van der Waals surface area contributed by atoms with Gasteiger partial charge in [-0.25, -0.2) is 0 Å². The van der Waals surface area contributed by atoms with Gasteiger partial charge >= 0.3 is 0 Å². The van der Waals surface area contributed by atoms with Gasteiger partial charge in [-0.1, -0.05) is 31.5 Å². The van der Waals surface area contributed by atoms with Crippen molar-refractivity contribution in [2.24, 2.45) is 5.92 Å². The van der Waals surface area contributed by atoms with Crippen molar-refractivity contribution in [3.63, 3.8) is 0 Å². The SMILES string of the molecule is Cc1ccc(OCC2c3ccsc3CCN2C(=O)CN(CC(C)C)CC(O)COC(C)C)c(C)c1. The standard InChI is InChI=1S/C28H42N2O4S/c1-19(2)14-29(15-23(31)17-33-20(3)4)16-28(32)30-11-9-27-24(10-12-35-27)25(30)18-34-26-8-7-21(5)13-22(26)6/h7-8,10,12-13,19-20,23,25,31H,9,11,14-18H2,1-6H3. The molecule has 0 spiro atoms. The van der Waals surface area contributed by atoms with Gasteiger partial charge in [0.05, 0.1) is 31.4 Å². The van der Waals surface area contributed by atoms with Gasteiger partial charge in [-0.3, -0.25) is 9.69 Å². The summed E-state index contributed by atoms with van der Waals surface area (Å²) < 4.78 is 11.8. The van der Waals surface area contributed by atoms with E-state index in [4.69, 9.17) is 9.47 Å². The molecular formula is C28H42N2O4S. The molecule has 0 radical (unpaired) electrons. The zero-order valence-electron chi connectivity index (χ0n) is 22.1. The summed E-state index contributed by atoms with van der Waals surface area (Å²) >= 11 is 1.76. The molecule has 1 aliphatic rings. The number of carbonyl (C=O) groups is 1. The number of ether oxygens (including phenoxy) is 2. The van der Waals surface area contributed by atoms with Crippen molar-refractivity contribution in [3.8, 4) is 5.75 Å². The van der Waals surface area contributed by atoms with Crippen molar-refractivity contribution in [2.45, 2.75) is 66.2 Å². The van der Waals surface area contributed by atoms with Crippen LogP contribution in [0.5, 0.6) is 5.75 Å². The normalized spacial score (nSPS) is 16.7. The Bertz CT molecular complexity index is 958. The van der Waals surface area contributed by atoms with Gasteiger partial charge < -0.3 is 19.5 Å². The molecule has 2 aromatic rings. The second kappa shape index (κ2) is 12.9. The van der Waals surface area contributed by atoms with Crippen molar-refractivity contribution in [2.75, 3.05) is 39.4 Å². The van der Waals surface area contributed by atoms with Crippen LogP contribution in [0.3, 0.4) is 0 Å². The number of hydrogen-bond donors (Lipinski definition) is 1. The second-order valence-electron chi connectivity index (χ2n) is 10.4. The highest BCUT2D eigenvalue weighted by molar-refractivity contribution is 7.10. The number of amides is 1. The third-order valence-corrected chi connectivity index (χ3v) is 7.21. The molecule has 1 aliphatic heterocycles. The van der Waals surface area contributed by atoms with Crippen LogP contribution in [0.1, 0.15) is 55.3 Å². The Kier molecular flexibility index (Phi) is 10.2. The van der Waals surface area contributed by atoms with Crippen LogP contribution >= 0.6 is 11.3 Å². The van der Waals surface area contributed by atoms with Gasteiger partial charge in [0.2, 0.25) is 5.91 Å². The second-order valence-corrected chi connectivity index (χ2v) is 11.4. The number of rotatable bonds is 12. The van der Waals surface area contributed by atoms with Crippen molar-refractivity contribution >= 4 is 17.2 Å². The Hall–Kier alpha value is -1.93. The molecule has 35 heavy (non-hydrogen) atoms. The summed E-state index contributed by atoms with van der Waals surface area (Å²) in [6.07, 6.45) is 0.307. The number of aliphatic hydroxyl groups excluding tert-OH is 1. The molecule has 2 atom stereocenters. The van der Waals surface area contributed by atoms with Crippen LogP contribution in [0.4, 0.5) is 0 Å². The summed E-state index contributed by atoms with van der Waals surface area (Å²) in [7, 11) is 0. The molecule has 2 unspecified atom stereocenters. The van der Waals surface area contributed by atoms with Crippen LogP contribution < -0.4 is 4.74 Å². The molecule has 1 aromatic heterocycles. The van der Waals surface area contributed by atoms with E-state index in [1.807, 2.05) is 24.8 Å². The number of nitrogens with zero attached hydrogens (tertiary/aromatic N) is 2. The first-order valence-corrected chi connectivity index (χ1v) is 13.6. The van der Waals surface area contributed by atoms with Crippen LogP contribution in [0, 0.1) is 19.8 Å². The highest BCUT2D eigenvalue weighted by Crippen LogP contribution is 2.34. The third kappa shape index (κ3) is 8.04. The topological polar surface area (TPSA) is 62.2 Å². The van der Waals surface area contributed by atoms with Crippen molar-refractivity contribution in [1.29, 1.82) is 0 Å². The molecule has 0 fully saturated rings. The highest BCUT2D eigenvalue weighted by atomic mass is 32.1. The molecule has 2 heterocycles. The summed E-state index contributed by atoms with van der Waals surface area (Å²) in [6, 6.07) is 8.20. The van der Waals surface area contributed by atoms with E-state index in [-0.39, 0.29) is 31.2 Å². The van der Waals surface area contributed by atoms with Crippen LogP contribution in [-0.4, -0.2) is 72.4 Å². The summed E-state index contributed by atoms with van der Waals surface area (Å²) in [4.78, 5) is 19.0. The molecule has 1 N–H and O–H groups in total. The number of carbonyl (C=O) groups excluding carboxylic acids is 1. The Morgan fingerprint density at radius 3 is 2.66 bits per heavy atom. The van der Waals surface area contributed by atoms with Gasteiger partial charge in [0.15, 0.2) is 0 Å². The first-order valence-electron chi connectivity index (χ1n) is 12.7. The van der Waals surface area contributed by atoms with Gasteiger partial charge in [0.1, 0.15) is 12.4 Å². The Morgan fingerprint density at radius 1 is 1.20 bits per heavy atom. The van der Waals surface area contributed by atoms with E-state index >= 15 is 0 Å². The monoisotopic (exact) mass is 502 g/mol. The lowest BCUT2D eigenvalue weighted by atomic mass is 10.00. The lowest BCUT2D eigenvalue weighted by Crippen LogP contribution is -2.48. The average molecular weight is 503 g/mol. The van der Waals surface area contributed by atoms with Gasteiger partial charge in [-0.15, -0.1) is 11.3 Å². The number of aliphatic hydroxyl groups is 1. The fourth-order valence-corrected chi connectivity index (χ4v) is 5.59. The minimum absolute atomic E-state index is 0.0657. The van der Waals surface area contributed by atoms with E-state index in [0.717, 1.165) is 24.3 Å². The Labute approximate surface area is 214 Å². The van der Waals surface area contributed by atoms with Crippen LogP contribution in [-0.2, 0) is 16.0 Å². The van der Waals surface area contributed by atoms with Crippen molar-refractivity contribution in [1.82, 2.24) is 9.80 Å². The Morgan fingerprint density at radius 2 is 1.97 bits per heavy atom. The van der Waals surface area contributed by atoms with E-state index in [2.05, 4.69) is 56.2 Å². The molecule has 7 heteroatoms. The van der Waals surface area contributed by atoms with E-state index < -0.39 is 6.10 Å². The Balaban J connectivity index is 1.72. The van der Waals surface area contributed by atoms with Gasteiger partial charge in [0, 0.05) is 24.5 Å². The van der Waals surface area contributed by atoms with E-state index in [0.29, 0.717) is 25.6 Å². The maximum atomic E-state index is 13.6. The van der Waals surface area contributed by atoms with E-state index in [1.165, 1.54) is 16.0 Å². The average Bonchev–Trinajstić information content (AvgIpc) is 3.25. The quantitative estimate of drug-likeness (QED) is 0.459. The fourth-order valence-electron chi connectivity index (χ4n) is 4.66. The van der Waals surface area contributed by atoms with Crippen molar-refractivity contribution < 1.29 is 19.4 Å². The smallest absolute Gasteiger partial charge is 0.237 e. The van der Waals surface area contributed by atoms with Crippen LogP contribution in [0.2, 0.25) is 0 Å². The number of benzene rings is 1. The zero-order valence-corrected chi connectivity index (χ0v) is 22.9. The van der Waals surface area contributed by atoms with E-state index in [1.54, 1.807) is 11.3 Å². The zero-order chi connectivity index (χ0) is 25.5. The summed E-state index contributed by atoms with van der Waals surface area (Å²) in [5.41, 5.74) is 3.50. The molecule has 6 nitrogen and oxygen atoms in total. The predicted molar refractivity (Wildman–Crippen MR) is 142 cm³/mol. The molecule has 0 saturated heterocycles. The van der Waals surface area contributed by atoms with Gasteiger partial charge in [-0.2, -0.15) is 0 Å². The summed E-state index contributed by atoms with van der Waals surface area (Å²) in [5, 5.41) is 12.6. The lowest BCUT2D eigenvalue weighted by molar-refractivity contribution is -0.136. The maximum Gasteiger partial charge on any atom is 0.237 e.